The number of hydrogen-bond acceptors (Lipinski definition) is 2. The molecule has 2 aromatic rings. The molecule has 1 heterocycles. The molecule has 1 N–H and O–H groups in total. The molecule has 3 rings (SSSR count). The van der Waals surface area contributed by atoms with Crippen molar-refractivity contribution >= 4 is 23.3 Å². The molecule has 0 spiro atoms. The molecule has 1 saturated heterocycles. The van der Waals surface area contributed by atoms with Gasteiger partial charge < -0.3 is 10.2 Å². The van der Waals surface area contributed by atoms with E-state index in [9.17, 15) is 9.18 Å². The fourth-order valence-corrected chi connectivity index (χ4v) is 3.05. The van der Waals surface area contributed by atoms with Gasteiger partial charge in [0, 0.05) is 43.4 Å². The first kappa shape index (κ1) is 17.7. The molecular weight excluding hydrogens is 341 g/mol. The predicted octanol–water partition coefficient (Wildman–Crippen LogP) is 4.14. The largest absolute Gasteiger partial charge is 0.322 e. The predicted molar refractivity (Wildman–Crippen MR) is 98.5 cm³/mol. The second kappa shape index (κ2) is 7.85. The SMILES string of the molecule is Cc1ccc(Cl)cc1NC(=O)N1CCN(Cc2ccc(F)cc2)CC1. The van der Waals surface area contributed by atoms with Gasteiger partial charge in [-0.1, -0.05) is 29.8 Å². The van der Waals surface area contributed by atoms with Gasteiger partial charge in [0.2, 0.25) is 0 Å². The van der Waals surface area contributed by atoms with Gasteiger partial charge in [0.15, 0.2) is 0 Å². The maximum atomic E-state index is 13.0. The molecule has 25 heavy (non-hydrogen) atoms. The number of halogens is 2. The van der Waals surface area contributed by atoms with E-state index in [0.717, 1.165) is 36.4 Å². The van der Waals surface area contributed by atoms with E-state index in [0.29, 0.717) is 18.1 Å². The standard InChI is InChI=1S/C19H21ClFN3O/c1-14-2-5-16(20)12-18(14)22-19(25)24-10-8-23(9-11-24)13-15-3-6-17(21)7-4-15/h2-7,12H,8-11,13H2,1H3,(H,22,25). The highest BCUT2D eigenvalue weighted by molar-refractivity contribution is 6.31. The summed E-state index contributed by atoms with van der Waals surface area (Å²) in [5.74, 6) is -0.221. The molecule has 2 aromatic carbocycles. The van der Waals surface area contributed by atoms with E-state index < -0.39 is 0 Å². The van der Waals surface area contributed by atoms with Crippen molar-refractivity contribution in [3.8, 4) is 0 Å². The zero-order valence-corrected chi connectivity index (χ0v) is 14.9. The number of piperazine rings is 1. The highest BCUT2D eigenvalue weighted by Crippen LogP contribution is 2.21. The quantitative estimate of drug-likeness (QED) is 0.891. The van der Waals surface area contributed by atoms with Crippen LogP contribution < -0.4 is 5.32 Å². The fourth-order valence-electron chi connectivity index (χ4n) is 2.88. The van der Waals surface area contributed by atoms with Gasteiger partial charge in [-0.15, -0.1) is 0 Å². The Morgan fingerprint density at radius 3 is 2.48 bits per heavy atom. The molecule has 0 saturated carbocycles. The number of nitrogens with one attached hydrogen (secondary N) is 1. The van der Waals surface area contributed by atoms with Crippen LogP contribution in [0.3, 0.4) is 0 Å². The average molecular weight is 362 g/mol. The third-order valence-corrected chi connectivity index (χ3v) is 4.66. The van der Waals surface area contributed by atoms with Crippen LogP contribution in [0.2, 0.25) is 5.02 Å². The molecular formula is C19H21ClFN3O. The Labute approximate surface area is 152 Å². The molecule has 2 amide bonds. The summed E-state index contributed by atoms with van der Waals surface area (Å²) in [4.78, 5) is 16.5. The average Bonchev–Trinajstić information content (AvgIpc) is 2.61. The number of amides is 2. The van der Waals surface area contributed by atoms with Gasteiger partial charge in [-0.3, -0.25) is 4.90 Å². The summed E-state index contributed by atoms with van der Waals surface area (Å²) in [6.07, 6.45) is 0. The summed E-state index contributed by atoms with van der Waals surface area (Å²) < 4.78 is 13.0. The number of benzene rings is 2. The highest BCUT2D eigenvalue weighted by atomic mass is 35.5. The molecule has 0 aliphatic carbocycles. The Balaban J connectivity index is 1.52. The Hall–Kier alpha value is -2.11. The van der Waals surface area contributed by atoms with Gasteiger partial charge in [-0.25, -0.2) is 9.18 Å². The molecule has 1 aliphatic rings. The van der Waals surface area contributed by atoms with Crippen LogP contribution in [-0.2, 0) is 6.54 Å². The molecule has 1 aliphatic heterocycles. The van der Waals surface area contributed by atoms with Crippen LogP contribution in [0.1, 0.15) is 11.1 Å². The molecule has 0 aromatic heterocycles. The Kier molecular flexibility index (Phi) is 5.56. The van der Waals surface area contributed by atoms with Gasteiger partial charge in [-0.2, -0.15) is 0 Å². The van der Waals surface area contributed by atoms with Crippen LogP contribution >= 0.6 is 11.6 Å². The van der Waals surface area contributed by atoms with Crippen LogP contribution in [0, 0.1) is 12.7 Å². The lowest BCUT2D eigenvalue weighted by Gasteiger charge is -2.34. The topological polar surface area (TPSA) is 35.6 Å². The maximum absolute atomic E-state index is 13.0. The first-order valence-corrected chi connectivity index (χ1v) is 8.68. The van der Waals surface area contributed by atoms with Crippen molar-refractivity contribution in [3.63, 3.8) is 0 Å². The summed E-state index contributed by atoms with van der Waals surface area (Å²) in [6, 6.07) is 11.9. The number of carbonyl (C=O) groups is 1. The molecule has 0 unspecified atom stereocenters. The van der Waals surface area contributed by atoms with E-state index in [1.807, 2.05) is 17.9 Å². The van der Waals surface area contributed by atoms with Crippen molar-refractivity contribution < 1.29 is 9.18 Å². The Morgan fingerprint density at radius 2 is 1.80 bits per heavy atom. The van der Waals surface area contributed by atoms with Crippen molar-refractivity contribution in [3.05, 3.63) is 64.4 Å². The number of urea groups is 1. The van der Waals surface area contributed by atoms with Crippen molar-refractivity contribution in [1.29, 1.82) is 0 Å². The number of carbonyl (C=O) groups excluding carboxylic acids is 1. The first-order chi connectivity index (χ1) is 12.0. The smallest absolute Gasteiger partial charge is 0.321 e. The van der Waals surface area contributed by atoms with Crippen LogP contribution in [0.4, 0.5) is 14.9 Å². The maximum Gasteiger partial charge on any atom is 0.321 e. The third-order valence-electron chi connectivity index (χ3n) is 4.42. The van der Waals surface area contributed by atoms with Crippen molar-refractivity contribution in [2.45, 2.75) is 13.5 Å². The normalized spacial score (nSPS) is 15.2. The molecule has 0 bridgehead atoms. The Bertz CT molecular complexity index is 743. The Morgan fingerprint density at radius 1 is 1.12 bits per heavy atom. The van der Waals surface area contributed by atoms with Crippen molar-refractivity contribution in [1.82, 2.24) is 9.80 Å². The monoisotopic (exact) mass is 361 g/mol. The fraction of sp³-hybridized carbons (Fsp3) is 0.316. The third kappa shape index (κ3) is 4.71. The van der Waals surface area contributed by atoms with E-state index in [1.165, 1.54) is 12.1 Å². The molecule has 6 heteroatoms. The summed E-state index contributed by atoms with van der Waals surface area (Å²) in [7, 11) is 0. The minimum Gasteiger partial charge on any atom is -0.322 e. The van der Waals surface area contributed by atoms with Gasteiger partial charge in [0.1, 0.15) is 5.82 Å². The second-order valence-corrected chi connectivity index (χ2v) is 6.72. The minimum absolute atomic E-state index is 0.105. The van der Waals surface area contributed by atoms with Crippen LogP contribution in [0.5, 0.6) is 0 Å². The lowest BCUT2D eigenvalue weighted by atomic mass is 10.2. The molecule has 0 atom stereocenters. The van der Waals surface area contributed by atoms with Crippen LogP contribution in [0.25, 0.3) is 0 Å². The zero-order valence-electron chi connectivity index (χ0n) is 14.1. The van der Waals surface area contributed by atoms with E-state index in [1.54, 1.807) is 24.3 Å². The van der Waals surface area contributed by atoms with E-state index in [4.69, 9.17) is 11.6 Å². The summed E-state index contributed by atoms with van der Waals surface area (Å²) in [5.41, 5.74) is 2.80. The second-order valence-electron chi connectivity index (χ2n) is 6.28. The number of anilines is 1. The molecule has 0 radical (unpaired) electrons. The van der Waals surface area contributed by atoms with E-state index in [2.05, 4.69) is 10.2 Å². The molecule has 4 nitrogen and oxygen atoms in total. The van der Waals surface area contributed by atoms with Crippen molar-refractivity contribution in [2.75, 3.05) is 31.5 Å². The first-order valence-electron chi connectivity index (χ1n) is 8.30. The summed E-state index contributed by atoms with van der Waals surface area (Å²) in [5, 5.41) is 3.54. The molecule has 1 fully saturated rings. The highest BCUT2D eigenvalue weighted by Gasteiger charge is 2.21. The van der Waals surface area contributed by atoms with E-state index >= 15 is 0 Å². The van der Waals surface area contributed by atoms with Gasteiger partial charge in [-0.05, 0) is 42.3 Å². The van der Waals surface area contributed by atoms with Crippen molar-refractivity contribution in [2.24, 2.45) is 0 Å². The number of hydrogen-bond donors (Lipinski definition) is 1. The lowest BCUT2D eigenvalue weighted by molar-refractivity contribution is 0.143. The summed E-state index contributed by atoms with van der Waals surface area (Å²) in [6.45, 7) is 5.60. The van der Waals surface area contributed by atoms with Crippen LogP contribution in [0.15, 0.2) is 42.5 Å². The van der Waals surface area contributed by atoms with Gasteiger partial charge in [0.25, 0.3) is 0 Å². The van der Waals surface area contributed by atoms with Crippen LogP contribution in [-0.4, -0.2) is 42.0 Å². The number of aryl methyl sites for hydroxylation is 1. The number of nitrogens with zero attached hydrogens (tertiary/aromatic N) is 2. The van der Waals surface area contributed by atoms with Gasteiger partial charge in [0.05, 0.1) is 0 Å². The lowest BCUT2D eigenvalue weighted by Crippen LogP contribution is -2.49. The number of rotatable bonds is 3. The minimum atomic E-state index is -0.221. The van der Waals surface area contributed by atoms with Gasteiger partial charge >= 0.3 is 6.03 Å². The van der Waals surface area contributed by atoms with E-state index in [-0.39, 0.29) is 11.8 Å². The summed E-state index contributed by atoms with van der Waals surface area (Å²) >= 11 is 6.00. The zero-order chi connectivity index (χ0) is 17.8. The molecule has 132 valence electrons.